The fourth-order valence-corrected chi connectivity index (χ4v) is 1.66. The molecule has 0 heterocycles. The molecule has 0 spiro atoms. The Kier molecular flexibility index (Phi) is 22.6. The van der Waals surface area contributed by atoms with Gasteiger partial charge in [-0.1, -0.05) is 0 Å². The normalized spacial score (nSPS) is 10.8. The summed E-state index contributed by atoms with van der Waals surface area (Å²) in [5.74, 6) is 0. The summed E-state index contributed by atoms with van der Waals surface area (Å²) < 4.78 is 3.24. The second-order valence-electron chi connectivity index (χ2n) is 4.62. The summed E-state index contributed by atoms with van der Waals surface area (Å²) in [4.78, 5) is 0. The average Bonchev–Trinajstić information content (AvgIpc) is 2.22. The minimum atomic E-state index is 0. The number of halogens is 3. The number of quaternary nitrogens is 2. The van der Waals surface area contributed by atoms with Crippen molar-refractivity contribution < 1.29 is 52.0 Å². The Labute approximate surface area is 131 Å². The third kappa shape index (κ3) is 14.3. The lowest BCUT2D eigenvalue weighted by molar-refractivity contribution is -0.891. The SMILES string of the molecule is C=C[N+](=CC)CCC[N+](C)(C)CCC[NH3+].[Cl-].[Cl-].[Cl-]. The molecule has 0 radical (unpaired) electrons. The van der Waals surface area contributed by atoms with Crippen LogP contribution in [0.25, 0.3) is 0 Å². The van der Waals surface area contributed by atoms with Gasteiger partial charge in [-0.3, -0.25) is 0 Å². The molecule has 18 heavy (non-hydrogen) atoms. The van der Waals surface area contributed by atoms with E-state index in [2.05, 4.69) is 37.2 Å². The Morgan fingerprint density at radius 1 is 1.11 bits per heavy atom. The van der Waals surface area contributed by atoms with E-state index in [4.69, 9.17) is 0 Å². The quantitative estimate of drug-likeness (QED) is 0.262. The predicted octanol–water partition coefficient (Wildman–Crippen LogP) is -8.66. The van der Waals surface area contributed by atoms with Crippen molar-refractivity contribution in [1.29, 1.82) is 0 Å². The molecule has 0 rings (SSSR count). The third-order valence-electron chi connectivity index (χ3n) is 2.76. The smallest absolute Gasteiger partial charge is 0.161 e. The van der Waals surface area contributed by atoms with Crippen LogP contribution in [0.3, 0.4) is 0 Å². The molecule has 0 saturated heterocycles. The number of hydrogen-bond donors (Lipinski definition) is 1. The summed E-state index contributed by atoms with van der Waals surface area (Å²) in [6.07, 6.45) is 6.39. The van der Waals surface area contributed by atoms with Crippen LogP contribution in [0.4, 0.5) is 0 Å². The van der Waals surface area contributed by atoms with Crippen LogP contribution in [0.1, 0.15) is 19.8 Å². The highest BCUT2D eigenvalue weighted by Gasteiger charge is 2.14. The molecule has 6 heteroatoms. The van der Waals surface area contributed by atoms with Gasteiger partial charge in [-0.2, -0.15) is 0 Å². The summed E-state index contributed by atoms with van der Waals surface area (Å²) in [7, 11) is 4.59. The largest absolute Gasteiger partial charge is 1.00 e. The molecule has 0 aromatic carbocycles. The molecule has 3 nitrogen and oxygen atoms in total. The molecular formula is C12H28Cl3N3. The van der Waals surface area contributed by atoms with Gasteiger partial charge in [-0.25, -0.2) is 4.58 Å². The van der Waals surface area contributed by atoms with Crippen molar-refractivity contribution in [3.05, 3.63) is 12.8 Å². The molecule has 0 aromatic rings. The molecule has 0 fully saturated rings. The Morgan fingerprint density at radius 2 is 1.61 bits per heavy atom. The van der Waals surface area contributed by atoms with Crippen LogP contribution in [0, 0.1) is 0 Å². The van der Waals surface area contributed by atoms with Crippen molar-refractivity contribution in [3.8, 4) is 0 Å². The second-order valence-corrected chi connectivity index (χ2v) is 4.62. The summed E-state index contributed by atoms with van der Waals surface area (Å²) in [5.41, 5.74) is 3.89. The number of hydrogen-bond acceptors (Lipinski definition) is 0. The third-order valence-corrected chi connectivity index (χ3v) is 2.76. The predicted molar refractivity (Wildman–Crippen MR) is 65.9 cm³/mol. The van der Waals surface area contributed by atoms with Crippen molar-refractivity contribution in [2.45, 2.75) is 19.8 Å². The van der Waals surface area contributed by atoms with Crippen LogP contribution in [-0.4, -0.2) is 55.5 Å². The van der Waals surface area contributed by atoms with E-state index in [1.54, 1.807) is 0 Å². The van der Waals surface area contributed by atoms with E-state index < -0.39 is 0 Å². The minimum Gasteiger partial charge on any atom is -1.00 e. The fourth-order valence-electron chi connectivity index (χ4n) is 1.66. The van der Waals surface area contributed by atoms with Gasteiger partial charge in [0.25, 0.3) is 0 Å². The van der Waals surface area contributed by atoms with E-state index in [9.17, 15) is 0 Å². The molecule has 3 N–H and O–H groups in total. The lowest BCUT2D eigenvalue weighted by atomic mass is 10.3. The van der Waals surface area contributed by atoms with Gasteiger partial charge in [-0.05, 0) is 6.58 Å². The average molecular weight is 321 g/mol. The highest BCUT2D eigenvalue weighted by atomic mass is 35.5. The standard InChI is InChI=1S/C12H27N3.3ClH/c1-5-14(6-2)10-8-12-15(3,4)11-7-9-13;;;/h5-6H,1,7-13H2,2-4H3;3*1H/q+2;;;/p-2. The van der Waals surface area contributed by atoms with Gasteiger partial charge in [0.1, 0.15) is 6.21 Å². The van der Waals surface area contributed by atoms with Gasteiger partial charge in [0, 0.05) is 13.3 Å². The van der Waals surface area contributed by atoms with E-state index in [0.29, 0.717) is 0 Å². The summed E-state index contributed by atoms with van der Waals surface area (Å²) >= 11 is 0. The topological polar surface area (TPSA) is 30.6 Å². The maximum absolute atomic E-state index is 3.89. The summed E-state index contributed by atoms with van der Waals surface area (Å²) in [5, 5.41) is 0. The highest BCUT2D eigenvalue weighted by molar-refractivity contribution is 5.47. The molecule has 0 aromatic heterocycles. The molecular weight excluding hydrogens is 293 g/mol. The molecule has 0 bridgehead atoms. The first-order chi connectivity index (χ1) is 7.05. The van der Waals surface area contributed by atoms with E-state index >= 15 is 0 Å². The first-order valence-corrected chi connectivity index (χ1v) is 5.85. The van der Waals surface area contributed by atoms with Gasteiger partial charge >= 0.3 is 0 Å². The van der Waals surface area contributed by atoms with Crippen LogP contribution >= 0.6 is 0 Å². The minimum absolute atomic E-state index is 0. The van der Waals surface area contributed by atoms with Crippen LogP contribution in [0.15, 0.2) is 12.8 Å². The molecule has 0 atom stereocenters. The van der Waals surface area contributed by atoms with Crippen molar-refractivity contribution in [3.63, 3.8) is 0 Å². The zero-order valence-corrected chi connectivity index (χ0v) is 14.1. The van der Waals surface area contributed by atoms with Gasteiger partial charge in [-0.15, -0.1) is 0 Å². The first-order valence-electron chi connectivity index (χ1n) is 5.85. The Hall–Kier alpha value is 0.200. The van der Waals surface area contributed by atoms with E-state index in [1.165, 1.54) is 25.9 Å². The van der Waals surface area contributed by atoms with Gasteiger partial charge in [0.2, 0.25) is 0 Å². The van der Waals surface area contributed by atoms with Crippen molar-refractivity contribution in [2.24, 2.45) is 0 Å². The van der Waals surface area contributed by atoms with Crippen molar-refractivity contribution in [2.75, 3.05) is 40.3 Å². The van der Waals surface area contributed by atoms with E-state index in [1.807, 2.05) is 13.1 Å². The lowest BCUT2D eigenvalue weighted by Gasteiger charge is -2.28. The second kappa shape index (κ2) is 15.3. The summed E-state index contributed by atoms with van der Waals surface area (Å²) in [6.45, 7) is 10.4. The molecule has 0 unspecified atom stereocenters. The van der Waals surface area contributed by atoms with Crippen LogP contribution in [-0.2, 0) is 0 Å². The first kappa shape index (κ1) is 26.7. The Balaban J connectivity index is -0.000000327. The van der Waals surface area contributed by atoms with Gasteiger partial charge < -0.3 is 47.4 Å². The molecule has 112 valence electrons. The van der Waals surface area contributed by atoms with Gasteiger partial charge in [0.05, 0.1) is 40.2 Å². The molecule has 0 amide bonds. The number of nitrogens with zero attached hydrogens (tertiary/aromatic N) is 2. The molecule has 0 aliphatic heterocycles. The van der Waals surface area contributed by atoms with E-state index in [-0.39, 0.29) is 37.2 Å². The number of rotatable bonds is 8. The van der Waals surface area contributed by atoms with Crippen LogP contribution < -0.4 is 43.0 Å². The highest BCUT2D eigenvalue weighted by Crippen LogP contribution is 2.00. The maximum atomic E-state index is 3.89. The molecule has 0 aliphatic rings. The summed E-state index contributed by atoms with van der Waals surface area (Å²) in [6, 6.07) is 0. The Morgan fingerprint density at radius 3 is 2.00 bits per heavy atom. The van der Waals surface area contributed by atoms with Gasteiger partial charge in [0.15, 0.2) is 12.7 Å². The van der Waals surface area contributed by atoms with E-state index in [0.717, 1.165) is 17.6 Å². The van der Waals surface area contributed by atoms with Crippen LogP contribution in [0.5, 0.6) is 0 Å². The maximum Gasteiger partial charge on any atom is 0.161 e. The zero-order chi connectivity index (χ0) is 11.7. The molecule has 0 aliphatic carbocycles. The lowest BCUT2D eigenvalue weighted by Crippen LogP contribution is -3.00. The fraction of sp³-hybridized carbons (Fsp3) is 0.750. The monoisotopic (exact) mass is 319 g/mol. The van der Waals surface area contributed by atoms with Crippen molar-refractivity contribution >= 4 is 6.21 Å². The zero-order valence-electron chi connectivity index (χ0n) is 11.8. The molecule has 0 saturated carbocycles. The van der Waals surface area contributed by atoms with Crippen LogP contribution in [0.2, 0.25) is 0 Å². The Bertz CT molecular complexity index is 219. The van der Waals surface area contributed by atoms with Crippen molar-refractivity contribution in [1.82, 2.24) is 0 Å².